The van der Waals surface area contributed by atoms with Crippen LogP contribution in [0.2, 0.25) is 0 Å². The number of anilines is 1. The van der Waals surface area contributed by atoms with Crippen LogP contribution in [0.1, 0.15) is 62.3 Å². The van der Waals surface area contributed by atoms with Gasteiger partial charge in [0.15, 0.2) is 0 Å². The Morgan fingerprint density at radius 1 is 1.16 bits per heavy atom. The van der Waals surface area contributed by atoms with Crippen molar-refractivity contribution in [1.82, 2.24) is 9.47 Å². The van der Waals surface area contributed by atoms with Gasteiger partial charge in [0.25, 0.3) is 11.5 Å². The van der Waals surface area contributed by atoms with Gasteiger partial charge in [0.05, 0.1) is 11.4 Å². The molecule has 194 valence electrons. The number of hydrogen-bond acceptors (Lipinski definition) is 6. The van der Waals surface area contributed by atoms with E-state index in [1.165, 1.54) is 11.8 Å². The van der Waals surface area contributed by atoms with Crippen molar-refractivity contribution in [1.29, 1.82) is 5.26 Å². The second-order valence-corrected chi connectivity index (χ2v) is 11.9. The second-order valence-electron chi connectivity index (χ2n) is 10.3. The van der Waals surface area contributed by atoms with Crippen LogP contribution in [0.3, 0.4) is 0 Å². The number of rotatable bonds is 7. The number of benzene rings is 1. The molecule has 3 heterocycles. The molecule has 1 aromatic heterocycles. The fourth-order valence-electron chi connectivity index (χ4n) is 5.38. The molecule has 2 atom stereocenters. The molecule has 2 aliphatic heterocycles. The molecule has 8 heteroatoms. The Labute approximate surface area is 229 Å². The van der Waals surface area contributed by atoms with Gasteiger partial charge >= 0.3 is 0 Å². The standard InChI is InChI=1S/C29H34N4O2S2/c1-5-6-12-32-26(31-16-19(2)13-20(3)17-31)23(21(4)24(15-30)27(32)34)14-25-28(35)33(29(36)37-25)18-22-10-8-7-9-11-22/h7-11,14,19-20H,5-6,12-13,16-18H2,1-4H3/b25-14+. The average Bonchev–Trinajstić information content (AvgIpc) is 3.12. The normalized spacial score (nSPS) is 21.1. The lowest BCUT2D eigenvalue weighted by molar-refractivity contribution is -0.122. The summed E-state index contributed by atoms with van der Waals surface area (Å²) in [6, 6.07) is 11.9. The molecule has 0 aliphatic carbocycles. The van der Waals surface area contributed by atoms with Gasteiger partial charge in [-0.3, -0.25) is 19.1 Å². The topological polar surface area (TPSA) is 69.3 Å². The SMILES string of the molecule is CCCCn1c(N2CC(C)CC(C)C2)c(/C=C2/SC(=S)N(Cc3ccccc3)C2=O)c(C)c(C#N)c1=O. The molecule has 0 radical (unpaired) electrons. The maximum absolute atomic E-state index is 13.5. The van der Waals surface area contributed by atoms with E-state index in [0.29, 0.717) is 39.7 Å². The summed E-state index contributed by atoms with van der Waals surface area (Å²) >= 11 is 6.88. The third-order valence-electron chi connectivity index (χ3n) is 7.08. The van der Waals surface area contributed by atoms with E-state index in [0.717, 1.165) is 49.3 Å². The van der Waals surface area contributed by atoms with E-state index in [-0.39, 0.29) is 17.0 Å². The minimum absolute atomic E-state index is 0.143. The van der Waals surface area contributed by atoms with E-state index in [1.54, 1.807) is 9.47 Å². The first kappa shape index (κ1) is 27.2. The number of nitriles is 1. The molecule has 2 saturated heterocycles. The Balaban J connectivity index is 1.85. The van der Waals surface area contributed by atoms with E-state index in [2.05, 4.69) is 31.7 Å². The molecular weight excluding hydrogens is 500 g/mol. The van der Waals surface area contributed by atoms with Crippen molar-refractivity contribution in [2.24, 2.45) is 11.8 Å². The Morgan fingerprint density at radius 2 is 1.84 bits per heavy atom. The van der Waals surface area contributed by atoms with E-state index in [4.69, 9.17) is 12.2 Å². The predicted octanol–water partition coefficient (Wildman–Crippen LogP) is 5.71. The van der Waals surface area contributed by atoms with Crippen molar-refractivity contribution in [3.63, 3.8) is 0 Å². The summed E-state index contributed by atoms with van der Waals surface area (Å²) in [7, 11) is 0. The maximum Gasteiger partial charge on any atom is 0.270 e. The molecule has 0 spiro atoms. The zero-order valence-corrected chi connectivity index (χ0v) is 23.6. The van der Waals surface area contributed by atoms with Gasteiger partial charge in [-0.1, -0.05) is 81.5 Å². The van der Waals surface area contributed by atoms with Crippen LogP contribution < -0.4 is 10.5 Å². The highest BCUT2D eigenvalue weighted by molar-refractivity contribution is 8.26. The first-order chi connectivity index (χ1) is 17.7. The lowest BCUT2D eigenvalue weighted by Crippen LogP contribution is -2.43. The van der Waals surface area contributed by atoms with Gasteiger partial charge in [0, 0.05) is 25.2 Å². The van der Waals surface area contributed by atoms with Crippen molar-refractivity contribution < 1.29 is 4.79 Å². The first-order valence-electron chi connectivity index (χ1n) is 13.0. The molecule has 2 aromatic rings. The van der Waals surface area contributed by atoms with Crippen LogP contribution in [0.5, 0.6) is 0 Å². The van der Waals surface area contributed by atoms with E-state index >= 15 is 0 Å². The number of pyridine rings is 1. The highest BCUT2D eigenvalue weighted by atomic mass is 32.2. The zero-order valence-electron chi connectivity index (χ0n) is 22.0. The molecule has 37 heavy (non-hydrogen) atoms. The third kappa shape index (κ3) is 5.68. The molecule has 0 bridgehead atoms. The Bertz CT molecular complexity index is 1320. The summed E-state index contributed by atoms with van der Waals surface area (Å²) in [5.74, 6) is 1.63. The van der Waals surface area contributed by atoms with Gasteiger partial charge in [-0.05, 0) is 48.8 Å². The largest absolute Gasteiger partial charge is 0.357 e. The Kier molecular flexibility index (Phi) is 8.56. The quantitative estimate of drug-likeness (QED) is 0.335. The van der Waals surface area contributed by atoms with Crippen LogP contribution in [0.4, 0.5) is 5.82 Å². The van der Waals surface area contributed by atoms with E-state index in [1.807, 2.05) is 43.3 Å². The average molecular weight is 535 g/mol. The molecule has 2 aliphatic rings. The van der Waals surface area contributed by atoms with E-state index in [9.17, 15) is 14.9 Å². The lowest BCUT2D eigenvalue weighted by atomic mass is 9.91. The van der Waals surface area contributed by atoms with Crippen LogP contribution in [0, 0.1) is 30.1 Å². The van der Waals surface area contributed by atoms with Crippen LogP contribution >= 0.6 is 24.0 Å². The molecule has 4 rings (SSSR count). The minimum Gasteiger partial charge on any atom is -0.357 e. The number of amides is 1. The van der Waals surface area contributed by atoms with Crippen LogP contribution in [0.15, 0.2) is 40.0 Å². The van der Waals surface area contributed by atoms with Gasteiger partial charge in [-0.15, -0.1) is 0 Å². The zero-order chi connectivity index (χ0) is 26.7. The molecule has 6 nitrogen and oxygen atoms in total. The summed E-state index contributed by atoms with van der Waals surface area (Å²) < 4.78 is 2.29. The van der Waals surface area contributed by atoms with Gasteiger partial charge in [0.1, 0.15) is 21.8 Å². The number of carbonyl (C=O) groups excluding carboxylic acids is 1. The summed E-state index contributed by atoms with van der Waals surface area (Å²) in [4.78, 5) is 31.5. The molecule has 0 saturated carbocycles. The lowest BCUT2D eigenvalue weighted by Gasteiger charge is -2.39. The summed E-state index contributed by atoms with van der Waals surface area (Å²) in [5.41, 5.74) is 2.29. The van der Waals surface area contributed by atoms with Gasteiger partial charge in [0.2, 0.25) is 0 Å². The van der Waals surface area contributed by atoms with Crippen molar-refractivity contribution in [2.45, 2.75) is 60.0 Å². The number of thiocarbonyl (C=S) groups is 1. The van der Waals surface area contributed by atoms with Gasteiger partial charge in [-0.2, -0.15) is 5.26 Å². The molecule has 1 amide bonds. The molecule has 1 aromatic carbocycles. The highest BCUT2D eigenvalue weighted by Crippen LogP contribution is 2.38. The van der Waals surface area contributed by atoms with E-state index < -0.39 is 0 Å². The molecule has 0 N–H and O–H groups in total. The number of thioether (sulfide) groups is 1. The number of carbonyl (C=O) groups is 1. The smallest absolute Gasteiger partial charge is 0.270 e. The van der Waals surface area contributed by atoms with Gasteiger partial charge < -0.3 is 4.90 Å². The highest BCUT2D eigenvalue weighted by Gasteiger charge is 2.34. The fraction of sp³-hybridized carbons (Fsp3) is 0.448. The van der Waals surface area contributed by atoms with Crippen LogP contribution in [-0.4, -0.2) is 32.8 Å². The Hall–Kier alpha value is -2.89. The number of hydrogen-bond donors (Lipinski definition) is 0. The monoisotopic (exact) mass is 534 g/mol. The number of piperidine rings is 1. The van der Waals surface area contributed by atoms with Crippen LogP contribution in [0.25, 0.3) is 6.08 Å². The second kappa shape index (κ2) is 11.7. The van der Waals surface area contributed by atoms with Crippen molar-refractivity contribution >= 4 is 46.1 Å². The summed E-state index contributed by atoms with van der Waals surface area (Å²) in [5, 5.41) is 9.92. The summed E-state index contributed by atoms with van der Waals surface area (Å²) in [6.45, 7) is 11.0. The van der Waals surface area contributed by atoms with Crippen LogP contribution in [-0.2, 0) is 17.9 Å². The fourth-order valence-corrected chi connectivity index (χ4v) is 6.61. The number of unbranched alkanes of at least 4 members (excludes halogenated alkanes) is 1. The van der Waals surface area contributed by atoms with Crippen molar-refractivity contribution in [2.75, 3.05) is 18.0 Å². The number of aromatic nitrogens is 1. The molecule has 2 fully saturated rings. The maximum atomic E-state index is 13.5. The first-order valence-corrected chi connectivity index (χ1v) is 14.2. The Morgan fingerprint density at radius 3 is 2.46 bits per heavy atom. The molecular formula is C29H34N4O2S2. The third-order valence-corrected chi connectivity index (χ3v) is 8.46. The van der Waals surface area contributed by atoms with Gasteiger partial charge in [-0.25, -0.2) is 0 Å². The summed E-state index contributed by atoms with van der Waals surface area (Å²) in [6.07, 6.45) is 4.76. The minimum atomic E-state index is -0.247. The van der Waals surface area contributed by atoms with Crippen molar-refractivity contribution in [3.05, 3.63) is 67.8 Å². The number of nitrogens with zero attached hydrogens (tertiary/aromatic N) is 4. The predicted molar refractivity (Wildman–Crippen MR) is 155 cm³/mol. The van der Waals surface area contributed by atoms with Crippen molar-refractivity contribution in [3.8, 4) is 6.07 Å². The molecule has 2 unspecified atom stereocenters.